The summed E-state index contributed by atoms with van der Waals surface area (Å²) in [6, 6.07) is 2.94. The largest absolute Gasteiger partial charge is 0.573 e. The minimum atomic E-state index is -4.91. The van der Waals surface area contributed by atoms with E-state index in [4.69, 9.17) is 57.4 Å². The van der Waals surface area contributed by atoms with Gasteiger partial charge in [-0.3, -0.25) is 53.9 Å². The number of fused-ring (bicyclic) bond motifs is 15. The van der Waals surface area contributed by atoms with E-state index in [2.05, 4.69) is 62.9 Å². The number of benzene rings is 6. The number of nitrogens with zero attached hydrogens (tertiary/aromatic N) is 2. The Morgan fingerprint density at radius 3 is 1.94 bits per heavy atom. The number of anilines is 1. The van der Waals surface area contributed by atoms with Crippen molar-refractivity contribution in [2.24, 2.45) is 11.7 Å². The third-order valence-corrected chi connectivity index (χ3v) is 22.4. The number of primary amides is 1. The number of ether oxygens (including phenoxy) is 7. The van der Waals surface area contributed by atoms with Crippen molar-refractivity contribution in [3.05, 3.63) is 141 Å². The van der Waals surface area contributed by atoms with Gasteiger partial charge in [0.05, 0.1) is 41.3 Å². The van der Waals surface area contributed by atoms with Crippen LogP contribution in [0.15, 0.2) is 103 Å². The van der Waals surface area contributed by atoms with Gasteiger partial charge >= 0.3 is 12.4 Å². The number of nitrogens with one attached hydrogen (secondary N) is 11. The number of nitrogens with two attached hydrogens (primary N) is 1. The molecule has 0 unspecified atom stereocenters. The van der Waals surface area contributed by atoms with Gasteiger partial charge in [0, 0.05) is 74.1 Å². The molecule has 23 N–H and O–H groups in total. The molecule has 6 aromatic carbocycles. The Labute approximate surface area is 719 Å². The third-order valence-electron chi connectivity index (χ3n) is 21.8. The van der Waals surface area contributed by atoms with Crippen molar-refractivity contribution in [2.45, 2.75) is 163 Å². The number of phenolic OH excluding ortho intramolecular Hbond substituents is 3. The molecule has 14 rings (SSSR count). The minimum absolute atomic E-state index is 0.127. The van der Waals surface area contributed by atoms with E-state index in [1.54, 1.807) is 25.8 Å². The van der Waals surface area contributed by atoms with E-state index in [1.807, 2.05) is 0 Å². The van der Waals surface area contributed by atoms with Crippen LogP contribution in [0.2, 0.25) is 10.0 Å². The van der Waals surface area contributed by atoms with Crippen molar-refractivity contribution in [2.75, 3.05) is 58.2 Å². The van der Waals surface area contributed by atoms with Crippen molar-refractivity contribution >= 4 is 82.2 Å². The quantitative estimate of drug-likeness (QED) is 0.0379. The van der Waals surface area contributed by atoms with E-state index >= 15 is 19.2 Å². The molecule has 125 heavy (non-hydrogen) atoms. The number of rotatable bonds is 20. The van der Waals surface area contributed by atoms with Crippen LogP contribution in [0.1, 0.15) is 105 Å². The summed E-state index contributed by atoms with van der Waals surface area (Å²) in [5.41, 5.74) is 5.83. The SMILES string of the molecule is CN[C@H](CC(C)C)C(=O)N[C@H]1C(=O)N[C@@H](CC(N)=O)C(=O)N[C@H]2C(=O)N[C@H]3C(=O)N[C@H](C(=O)N[C@@H](C(=O)NO)c4cc(O)cc(O)c4-c4cc3ccc4O)[C@H](O)c3ccc(c(Cl)c3)Oc3cc2cc(c3O[C@@H]2O[C@H](CO)[C@@H](O)[C@H](O)[C@H]2O[C@H]2C[C@](C)(NCCN3CCN(NC(=O)Nc4ccc(OC(F)(F)F)cc4)CC3)[C@H](O)[C@H](C)O2)Oc2ccc(cc2Cl)[C@H]1O. The third kappa shape index (κ3) is 21.7. The molecule has 674 valence electrons. The molecule has 11 bridgehead atoms. The number of carbonyl (C=O) groups is 9. The number of phenols is 3. The Bertz CT molecular complexity index is 5040. The Kier molecular flexibility index (Phi) is 29.1. The van der Waals surface area contributed by atoms with Gasteiger partial charge in [0.1, 0.15) is 101 Å². The van der Waals surface area contributed by atoms with Crippen LogP contribution in [-0.4, -0.2) is 253 Å². The summed E-state index contributed by atoms with van der Waals surface area (Å²) >= 11 is 14.3. The number of aliphatic hydroxyl groups is 6. The molecule has 0 spiro atoms. The first kappa shape index (κ1) is 92.9. The number of amides is 10. The fourth-order valence-electron chi connectivity index (χ4n) is 15.3. The number of piperazine rings is 1. The zero-order valence-corrected chi connectivity index (χ0v) is 68.7. The maximum Gasteiger partial charge on any atom is 0.573 e. The number of hydrogen-bond donors (Lipinski definition) is 22. The lowest BCUT2D eigenvalue weighted by Crippen LogP contribution is -2.66. The Balaban J connectivity index is 0.956. The highest BCUT2D eigenvalue weighted by atomic mass is 35.5. The minimum Gasteiger partial charge on any atom is -0.508 e. The van der Waals surface area contributed by atoms with Crippen LogP contribution >= 0.6 is 23.2 Å². The lowest BCUT2D eigenvalue weighted by atomic mass is 9.85. The second-order valence-electron chi connectivity index (χ2n) is 31.2. The molecule has 18 atom stereocenters. The standard InChI is InChI=1S/C80H93Cl2F3N14O26/c1-33(2)22-46(87-5)70(110)94-61-63(105)36-7-14-50(44(81)24-36)120-52-26-38-27-53(67(52)124-77-68(66(108)65(107)54(32-100)122-77)123-56-31-79(4,69(109)34(3)119-56)88-16-17-98-18-20-99(21-19-98)96-78(117)89-39-9-11-41(12-10-39)125-80(83,84)85)121-51-15-8-37(25-45(51)82)64(106)62-75(115)93-60(76(116)97-118)43-28-40(101)29-49(103)57(43)42-23-35(6-13-48(42)102)58(72(112)95-62)92-73(113)59(38)91-71(111)47(30-55(86)104)90-74(61)114/h6-15,23-29,33-34,46-47,54,56,58-66,68-69,77,87-88,100-103,105-109,118H,16-22,30-32H2,1-5H3,(H2,86,104)(H,90,114)(H,91,111)(H,92,113)(H,93,115)(H,94,110)(H,95,112)(H,97,116)(H2,89,96,117)/t34-,46+,47-,54+,56-,58+,59+,60+,61+,62-,63+,64+,65+,66-,68+,69+,77-,79-/m0/s1. The lowest BCUT2D eigenvalue weighted by molar-refractivity contribution is -0.334. The summed E-state index contributed by atoms with van der Waals surface area (Å²) in [7, 11) is 1.46. The van der Waals surface area contributed by atoms with E-state index in [-0.39, 0.29) is 53.4 Å². The highest BCUT2D eigenvalue weighted by Gasteiger charge is 2.53. The molecule has 10 amide bonds. The van der Waals surface area contributed by atoms with Gasteiger partial charge in [0.15, 0.2) is 23.9 Å². The molecule has 40 nitrogen and oxygen atoms in total. The first-order chi connectivity index (χ1) is 59.2. The molecule has 8 heterocycles. The number of halogens is 5. The summed E-state index contributed by atoms with van der Waals surface area (Å²) in [6.07, 6.45) is -24.1. The van der Waals surface area contributed by atoms with Crippen molar-refractivity contribution in [1.82, 2.24) is 63.3 Å². The molecule has 0 aromatic heterocycles. The van der Waals surface area contributed by atoms with Crippen molar-refractivity contribution < 1.29 is 141 Å². The number of hydrazine groups is 1. The van der Waals surface area contributed by atoms with Crippen LogP contribution in [0, 0.1) is 5.92 Å². The molecule has 0 saturated carbocycles. The van der Waals surface area contributed by atoms with Crippen LogP contribution in [0.3, 0.4) is 0 Å². The molecule has 6 aromatic rings. The van der Waals surface area contributed by atoms with E-state index in [0.29, 0.717) is 32.7 Å². The fourth-order valence-corrected chi connectivity index (χ4v) is 15.8. The van der Waals surface area contributed by atoms with Crippen LogP contribution in [0.4, 0.5) is 23.7 Å². The molecular formula is C80H93Cl2F3N14O26. The Hall–Kier alpha value is -11.2. The van der Waals surface area contributed by atoms with Gasteiger partial charge in [-0.15, -0.1) is 13.2 Å². The number of aromatic hydroxyl groups is 3. The van der Waals surface area contributed by atoms with Crippen LogP contribution in [0.5, 0.6) is 51.7 Å². The number of urea groups is 1. The number of hydrogen-bond acceptors (Lipinski definition) is 30. The van der Waals surface area contributed by atoms with Crippen LogP contribution < -0.4 is 83.4 Å². The van der Waals surface area contributed by atoms with E-state index in [9.17, 15) is 88.3 Å². The predicted molar refractivity (Wildman–Crippen MR) is 429 cm³/mol. The monoisotopic (exact) mass is 1790 g/mol. The topological polar surface area (TPSA) is 585 Å². The molecule has 8 aliphatic rings. The predicted octanol–water partition coefficient (Wildman–Crippen LogP) is 1.41. The van der Waals surface area contributed by atoms with Crippen molar-refractivity contribution in [1.29, 1.82) is 0 Å². The van der Waals surface area contributed by atoms with Gasteiger partial charge in [-0.25, -0.2) is 15.3 Å². The first-order valence-corrected chi connectivity index (χ1v) is 40.0. The van der Waals surface area contributed by atoms with Gasteiger partial charge in [0.2, 0.25) is 53.4 Å². The first-order valence-electron chi connectivity index (χ1n) is 39.2. The summed E-state index contributed by atoms with van der Waals surface area (Å²) in [6.45, 7) is 7.90. The number of likely N-dealkylation sites (N-methyl/N-ethyl adjacent to an activating group) is 1. The number of hydroxylamine groups is 1. The molecule has 45 heteroatoms. The van der Waals surface area contributed by atoms with Gasteiger partial charge < -0.3 is 133 Å². The van der Waals surface area contributed by atoms with Gasteiger partial charge in [0.25, 0.3) is 5.91 Å². The van der Waals surface area contributed by atoms with E-state index < -0.39 is 260 Å². The van der Waals surface area contributed by atoms with Crippen molar-refractivity contribution in [3.8, 4) is 62.9 Å². The van der Waals surface area contributed by atoms with Crippen LogP contribution in [0.25, 0.3) is 11.1 Å². The average molecular weight is 1790 g/mol. The molecule has 3 saturated heterocycles. The van der Waals surface area contributed by atoms with E-state index in [1.165, 1.54) is 43.7 Å². The number of aliphatic hydroxyl groups excluding tert-OH is 6. The average Bonchev–Trinajstić information content (AvgIpc) is 0.763. The van der Waals surface area contributed by atoms with Gasteiger partial charge in [-0.2, -0.15) is 0 Å². The maximum atomic E-state index is 16.3. The highest BCUT2D eigenvalue weighted by molar-refractivity contribution is 6.32. The molecule has 0 aliphatic carbocycles. The fraction of sp³-hybridized carbons (Fsp3) is 0.438. The number of alkyl halides is 3. The molecule has 8 aliphatic heterocycles. The molecular weight excluding hydrogens is 1700 g/mol. The van der Waals surface area contributed by atoms with Gasteiger partial charge in [-0.1, -0.05) is 55.2 Å². The van der Waals surface area contributed by atoms with E-state index in [0.717, 1.165) is 78.9 Å². The summed E-state index contributed by atoms with van der Waals surface area (Å²) < 4.78 is 81.5. The second kappa shape index (κ2) is 39.1. The summed E-state index contributed by atoms with van der Waals surface area (Å²) in [5, 5.41) is 140. The lowest BCUT2D eigenvalue weighted by Gasteiger charge is -2.48. The Morgan fingerprint density at radius 2 is 1.34 bits per heavy atom. The van der Waals surface area contributed by atoms with Crippen molar-refractivity contribution in [3.63, 3.8) is 0 Å². The van der Waals surface area contributed by atoms with Gasteiger partial charge in [-0.05, 0) is 140 Å². The second-order valence-corrected chi connectivity index (χ2v) is 32.0. The highest BCUT2D eigenvalue weighted by Crippen LogP contribution is 2.50. The Morgan fingerprint density at radius 1 is 0.712 bits per heavy atom. The summed E-state index contributed by atoms with van der Waals surface area (Å²) in [4.78, 5) is 134. The maximum absolute atomic E-state index is 16.3. The smallest absolute Gasteiger partial charge is 0.508 e. The summed E-state index contributed by atoms with van der Waals surface area (Å²) in [5.74, 6) is -16.5. The normalized spacial score (nSPS) is 27.1. The zero-order chi connectivity index (χ0) is 90.5. The van der Waals surface area contributed by atoms with Crippen LogP contribution in [-0.2, 0) is 52.6 Å². The molecule has 0 radical (unpaired) electrons. The zero-order valence-electron chi connectivity index (χ0n) is 67.1. The number of carbonyl (C=O) groups excluding carboxylic acids is 9. The molecule has 3 fully saturated rings.